The van der Waals surface area contributed by atoms with Gasteiger partial charge in [-0.05, 0) is 56.7 Å². The van der Waals surface area contributed by atoms with E-state index in [0.29, 0.717) is 11.3 Å². The number of anilines is 3. The molecule has 0 aliphatic heterocycles. The molecule has 3 amide bonds. The minimum Gasteiger partial charge on any atom is -0.450 e. The predicted octanol–water partition coefficient (Wildman–Crippen LogP) is 5.13. The molecule has 0 aromatic heterocycles. The molecule has 172 valence electrons. The summed E-state index contributed by atoms with van der Waals surface area (Å²) >= 11 is 0. The summed E-state index contributed by atoms with van der Waals surface area (Å²) < 4.78 is 28.2. The van der Waals surface area contributed by atoms with Gasteiger partial charge in [0, 0.05) is 5.69 Å². The SMILES string of the molecule is CCOC(=O)Nc1ccc(N(Cc2ccc(F)cc2)C(=O)OCC)cc1NC(=O)OCC. The molecule has 32 heavy (non-hydrogen) atoms. The third kappa shape index (κ3) is 7.15. The van der Waals surface area contributed by atoms with Gasteiger partial charge in [0.1, 0.15) is 5.82 Å². The molecule has 0 fully saturated rings. The van der Waals surface area contributed by atoms with Crippen LogP contribution in [0.25, 0.3) is 0 Å². The molecule has 2 rings (SSSR count). The van der Waals surface area contributed by atoms with Crippen molar-refractivity contribution < 1.29 is 33.0 Å². The molecule has 2 aromatic carbocycles. The second-order valence-electron chi connectivity index (χ2n) is 6.33. The fourth-order valence-corrected chi connectivity index (χ4v) is 2.70. The number of carbonyl (C=O) groups excluding carboxylic acids is 3. The van der Waals surface area contributed by atoms with Crippen LogP contribution in [-0.4, -0.2) is 38.1 Å². The highest BCUT2D eigenvalue weighted by atomic mass is 19.1. The highest BCUT2D eigenvalue weighted by Crippen LogP contribution is 2.30. The van der Waals surface area contributed by atoms with E-state index in [1.54, 1.807) is 39.0 Å². The molecular weight excluding hydrogens is 421 g/mol. The lowest BCUT2D eigenvalue weighted by molar-refractivity contribution is 0.159. The van der Waals surface area contributed by atoms with Crippen LogP contribution in [0.5, 0.6) is 0 Å². The molecule has 10 heteroatoms. The third-order valence-corrected chi connectivity index (χ3v) is 4.08. The molecule has 0 radical (unpaired) electrons. The number of nitrogens with one attached hydrogen (secondary N) is 2. The van der Waals surface area contributed by atoms with Crippen LogP contribution in [0.2, 0.25) is 0 Å². The van der Waals surface area contributed by atoms with Gasteiger partial charge in [-0.15, -0.1) is 0 Å². The maximum absolute atomic E-state index is 13.3. The van der Waals surface area contributed by atoms with E-state index >= 15 is 0 Å². The molecule has 0 saturated heterocycles. The van der Waals surface area contributed by atoms with E-state index in [1.165, 1.54) is 29.2 Å². The first kappa shape index (κ1) is 24.4. The Kier molecular flexibility index (Phi) is 9.27. The van der Waals surface area contributed by atoms with Gasteiger partial charge in [0.15, 0.2) is 0 Å². The molecule has 2 aromatic rings. The summed E-state index contributed by atoms with van der Waals surface area (Å²) in [6, 6.07) is 10.2. The Hall–Kier alpha value is -3.82. The second kappa shape index (κ2) is 12.1. The molecule has 9 nitrogen and oxygen atoms in total. The van der Waals surface area contributed by atoms with Gasteiger partial charge in [-0.1, -0.05) is 12.1 Å². The summed E-state index contributed by atoms with van der Waals surface area (Å²) in [7, 11) is 0. The van der Waals surface area contributed by atoms with Crippen molar-refractivity contribution in [1.82, 2.24) is 0 Å². The summed E-state index contributed by atoms with van der Waals surface area (Å²) in [5.41, 5.74) is 1.45. The number of hydrogen-bond donors (Lipinski definition) is 2. The average Bonchev–Trinajstić information content (AvgIpc) is 2.75. The third-order valence-electron chi connectivity index (χ3n) is 4.08. The smallest absolute Gasteiger partial charge is 0.414 e. The molecule has 0 saturated carbocycles. The van der Waals surface area contributed by atoms with E-state index < -0.39 is 24.1 Å². The first-order chi connectivity index (χ1) is 15.4. The van der Waals surface area contributed by atoms with E-state index in [2.05, 4.69) is 10.6 Å². The first-order valence-corrected chi connectivity index (χ1v) is 10.1. The molecule has 0 atom stereocenters. The number of nitrogens with zero attached hydrogens (tertiary/aromatic N) is 1. The number of ether oxygens (including phenoxy) is 3. The minimum absolute atomic E-state index is 0.0859. The summed E-state index contributed by atoms with van der Waals surface area (Å²) in [5, 5.41) is 5.06. The van der Waals surface area contributed by atoms with Crippen LogP contribution in [0.4, 0.5) is 35.8 Å². The Labute approximate surface area is 185 Å². The predicted molar refractivity (Wildman–Crippen MR) is 117 cm³/mol. The Balaban J connectivity index is 2.41. The first-order valence-electron chi connectivity index (χ1n) is 10.1. The lowest BCUT2D eigenvalue weighted by atomic mass is 10.1. The van der Waals surface area contributed by atoms with Gasteiger partial charge in [-0.3, -0.25) is 15.5 Å². The van der Waals surface area contributed by atoms with Crippen LogP contribution in [-0.2, 0) is 20.8 Å². The molecule has 0 aliphatic carbocycles. The number of hydrogen-bond acceptors (Lipinski definition) is 6. The molecular formula is C22H26FN3O6. The van der Waals surface area contributed by atoms with Crippen LogP contribution in [0.15, 0.2) is 42.5 Å². The second-order valence-corrected chi connectivity index (χ2v) is 6.33. The monoisotopic (exact) mass is 447 g/mol. The van der Waals surface area contributed by atoms with E-state index in [-0.39, 0.29) is 37.7 Å². The van der Waals surface area contributed by atoms with Crippen molar-refractivity contribution in [2.24, 2.45) is 0 Å². The molecule has 0 spiro atoms. The van der Waals surface area contributed by atoms with Crippen molar-refractivity contribution in [3.8, 4) is 0 Å². The molecule has 2 N–H and O–H groups in total. The maximum Gasteiger partial charge on any atom is 0.414 e. The van der Waals surface area contributed by atoms with Gasteiger partial charge in [0.05, 0.1) is 37.7 Å². The zero-order chi connectivity index (χ0) is 23.5. The Bertz CT molecular complexity index is 936. The number of amides is 3. The van der Waals surface area contributed by atoms with Crippen molar-refractivity contribution >= 4 is 35.3 Å². The van der Waals surface area contributed by atoms with Crippen LogP contribution in [0.1, 0.15) is 26.3 Å². The Morgan fingerprint density at radius 2 is 1.38 bits per heavy atom. The van der Waals surface area contributed by atoms with Gasteiger partial charge in [0.25, 0.3) is 0 Å². The van der Waals surface area contributed by atoms with Crippen LogP contribution in [0, 0.1) is 5.82 Å². The van der Waals surface area contributed by atoms with Crippen LogP contribution in [0.3, 0.4) is 0 Å². The van der Waals surface area contributed by atoms with Crippen molar-refractivity contribution in [3.63, 3.8) is 0 Å². The minimum atomic E-state index is -0.738. The highest BCUT2D eigenvalue weighted by molar-refractivity contribution is 5.98. The van der Waals surface area contributed by atoms with Crippen LogP contribution < -0.4 is 15.5 Å². The lowest BCUT2D eigenvalue weighted by Crippen LogP contribution is -2.31. The van der Waals surface area contributed by atoms with Gasteiger partial charge >= 0.3 is 18.3 Å². The van der Waals surface area contributed by atoms with Crippen molar-refractivity contribution in [2.75, 3.05) is 35.4 Å². The zero-order valence-corrected chi connectivity index (χ0v) is 18.1. The summed E-state index contributed by atoms with van der Waals surface area (Å²) in [4.78, 5) is 37.8. The zero-order valence-electron chi connectivity index (χ0n) is 18.1. The number of halogens is 1. The largest absolute Gasteiger partial charge is 0.450 e. The van der Waals surface area contributed by atoms with Gasteiger partial charge < -0.3 is 14.2 Å². The standard InChI is InChI=1S/C22H26FN3O6/c1-4-30-20(27)24-18-12-11-17(13-19(18)25-21(28)31-5-2)26(22(29)32-6-3)14-15-7-9-16(23)10-8-15/h7-13H,4-6,14H2,1-3H3,(H,24,27)(H,25,28). The molecule has 0 heterocycles. The number of benzene rings is 2. The van der Waals surface area contributed by atoms with E-state index in [4.69, 9.17) is 14.2 Å². The normalized spacial score (nSPS) is 10.1. The fourth-order valence-electron chi connectivity index (χ4n) is 2.70. The van der Waals surface area contributed by atoms with Crippen molar-refractivity contribution in [2.45, 2.75) is 27.3 Å². The molecule has 0 bridgehead atoms. The highest BCUT2D eigenvalue weighted by Gasteiger charge is 2.20. The van der Waals surface area contributed by atoms with E-state index in [1.807, 2.05) is 0 Å². The molecule has 0 unspecified atom stereocenters. The van der Waals surface area contributed by atoms with Gasteiger partial charge in [-0.2, -0.15) is 0 Å². The van der Waals surface area contributed by atoms with Crippen molar-refractivity contribution in [3.05, 3.63) is 53.8 Å². The topological polar surface area (TPSA) is 106 Å². The van der Waals surface area contributed by atoms with E-state index in [9.17, 15) is 18.8 Å². The maximum atomic E-state index is 13.3. The summed E-state index contributed by atoms with van der Waals surface area (Å²) in [6.07, 6.45) is -2.08. The Morgan fingerprint density at radius 1 is 0.812 bits per heavy atom. The fraction of sp³-hybridized carbons (Fsp3) is 0.318. The van der Waals surface area contributed by atoms with Gasteiger partial charge in [0.2, 0.25) is 0 Å². The number of rotatable bonds is 8. The summed E-state index contributed by atoms with van der Waals surface area (Å²) in [5.74, 6) is -0.397. The lowest BCUT2D eigenvalue weighted by Gasteiger charge is -2.23. The number of carbonyl (C=O) groups is 3. The Morgan fingerprint density at radius 3 is 1.94 bits per heavy atom. The average molecular weight is 447 g/mol. The molecule has 0 aliphatic rings. The summed E-state index contributed by atoms with van der Waals surface area (Å²) in [6.45, 7) is 5.53. The van der Waals surface area contributed by atoms with E-state index in [0.717, 1.165) is 0 Å². The van der Waals surface area contributed by atoms with Crippen LogP contribution >= 0.6 is 0 Å². The quantitative estimate of drug-likeness (QED) is 0.544. The van der Waals surface area contributed by atoms with Gasteiger partial charge in [-0.25, -0.2) is 18.8 Å². The van der Waals surface area contributed by atoms with Crippen molar-refractivity contribution in [1.29, 1.82) is 0 Å².